The van der Waals surface area contributed by atoms with E-state index in [1.165, 1.54) is 0 Å². The van der Waals surface area contributed by atoms with Crippen molar-refractivity contribution in [3.8, 4) is 0 Å². The molecular weight excluding hydrogens is 290 g/mol. The van der Waals surface area contributed by atoms with Crippen molar-refractivity contribution < 1.29 is 0 Å². The van der Waals surface area contributed by atoms with Gasteiger partial charge in [0.15, 0.2) is 0 Å². The monoisotopic (exact) mass is 315 g/mol. The van der Waals surface area contributed by atoms with E-state index < -0.39 is 5.66 Å². The lowest BCUT2D eigenvalue weighted by Crippen LogP contribution is -2.63. The molecule has 1 aromatic heterocycles. The normalized spacial score (nSPS) is 21.7. The van der Waals surface area contributed by atoms with Crippen molar-refractivity contribution in [3.63, 3.8) is 0 Å². The summed E-state index contributed by atoms with van der Waals surface area (Å²) in [6.45, 7) is 6.53. The first-order valence-corrected chi connectivity index (χ1v) is 8.41. The first-order valence-electron chi connectivity index (χ1n) is 8.41. The largest absolute Gasteiger partial charge is 0.347 e. The van der Waals surface area contributed by atoms with Gasteiger partial charge in [0.2, 0.25) is 0 Å². The van der Waals surface area contributed by atoms with Crippen LogP contribution in [0.3, 0.4) is 0 Å². The number of aromatic nitrogens is 3. The van der Waals surface area contributed by atoms with Crippen molar-refractivity contribution in [2.24, 2.45) is 0 Å². The van der Waals surface area contributed by atoms with Gasteiger partial charge in [-0.3, -0.25) is 9.88 Å². The smallest absolute Gasteiger partial charge is 0.311 e. The summed E-state index contributed by atoms with van der Waals surface area (Å²) < 4.78 is 3.37. The molecule has 1 atom stereocenters. The molecule has 23 heavy (non-hydrogen) atoms. The van der Waals surface area contributed by atoms with Gasteiger partial charge >= 0.3 is 5.69 Å². The highest BCUT2D eigenvalue weighted by Crippen LogP contribution is 2.23. The van der Waals surface area contributed by atoms with Gasteiger partial charge in [-0.1, -0.05) is 44.2 Å². The third kappa shape index (κ3) is 2.72. The van der Waals surface area contributed by atoms with E-state index >= 15 is 0 Å². The molecule has 6 nitrogen and oxygen atoms in total. The molecule has 1 aliphatic heterocycles. The molecule has 3 rings (SSSR count). The van der Waals surface area contributed by atoms with Crippen LogP contribution >= 0.6 is 0 Å². The van der Waals surface area contributed by atoms with E-state index in [9.17, 15) is 4.79 Å². The summed E-state index contributed by atoms with van der Waals surface area (Å²) in [5.74, 6) is 0. The number of nitrogens with zero attached hydrogens (tertiary/aromatic N) is 3. The van der Waals surface area contributed by atoms with Crippen molar-refractivity contribution in [3.05, 3.63) is 52.7 Å². The van der Waals surface area contributed by atoms with Crippen LogP contribution in [0.15, 0.2) is 41.5 Å². The number of nitrogens with one attached hydrogen (secondary N) is 2. The Labute approximate surface area is 136 Å². The van der Waals surface area contributed by atoms with Crippen molar-refractivity contribution in [2.45, 2.75) is 38.4 Å². The van der Waals surface area contributed by atoms with Crippen molar-refractivity contribution in [1.29, 1.82) is 0 Å². The average molecular weight is 315 g/mol. The molecule has 2 heterocycles. The molecule has 0 amide bonds. The van der Waals surface area contributed by atoms with Crippen molar-refractivity contribution >= 4 is 0 Å². The molecule has 1 aliphatic rings. The van der Waals surface area contributed by atoms with Crippen LogP contribution in [-0.4, -0.2) is 34.0 Å². The van der Waals surface area contributed by atoms with Gasteiger partial charge in [-0.25, -0.2) is 9.48 Å². The fourth-order valence-corrected chi connectivity index (χ4v) is 3.38. The molecule has 1 saturated heterocycles. The Kier molecular flexibility index (Phi) is 4.63. The number of hydrogen-bond acceptors (Lipinski definition) is 4. The molecular formula is C17H25N5O. The standard InChI is InChI=1S/C17H25N5O/c1-3-15(4-2)22-16(23)21(13-20-22)17(12-18-10-11-19-17)14-8-6-5-7-9-14/h5-9,13,15,18-19H,3-4,10-12H2,1-2H3. The van der Waals surface area contributed by atoms with Crippen LogP contribution in [0, 0.1) is 0 Å². The van der Waals surface area contributed by atoms with Gasteiger partial charge in [-0.15, -0.1) is 0 Å². The number of piperazine rings is 1. The molecule has 0 spiro atoms. The topological polar surface area (TPSA) is 63.9 Å². The van der Waals surface area contributed by atoms with Crippen LogP contribution in [0.25, 0.3) is 0 Å². The molecule has 0 aliphatic carbocycles. The average Bonchev–Trinajstić information content (AvgIpc) is 3.00. The fraction of sp³-hybridized carbons (Fsp3) is 0.529. The molecule has 6 heteroatoms. The minimum atomic E-state index is -0.582. The predicted molar refractivity (Wildman–Crippen MR) is 90.5 cm³/mol. The number of hydrogen-bond donors (Lipinski definition) is 2. The van der Waals surface area contributed by atoms with E-state index in [0.717, 1.165) is 31.5 Å². The molecule has 0 radical (unpaired) electrons. The zero-order valence-corrected chi connectivity index (χ0v) is 13.8. The van der Waals surface area contributed by atoms with Gasteiger partial charge < -0.3 is 5.32 Å². The number of benzene rings is 1. The van der Waals surface area contributed by atoms with E-state index in [1.807, 2.05) is 18.2 Å². The molecule has 2 aromatic rings. The fourth-order valence-electron chi connectivity index (χ4n) is 3.38. The van der Waals surface area contributed by atoms with Gasteiger partial charge in [0.1, 0.15) is 12.0 Å². The molecule has 1 aromatic carbocycles. The van der Waals surface area contributed by atoms with Gasteiger partial charge in [0, 0.05) is 19.6 Å². The lowest BCUT2D eigenvalue weighted by atomic mass is 9.97. The van der Waals surface area contributed by atoms with Gasteiger partial charge in [-0.05, 0) is 18.4 Å². The summed E-state index contributed by atoms with van der Waals surface area (Å²) >= 11 is 0. The summed E-state index contributed by atoms with van der Waals surface area (Å²) in [4.78, 5) is 13.0. The Morgan fingerprint density at radius 2 is 1.96 bits per heavy atom. The second-order valence-corrected chi connectivity index (χ2v) is 6.03. The third-order valence-corrected chi connectivity index (χ3v) is 4.74. The first kappa shape index (κ1) is 16.0. The predicted octanol–water partition coefficient (Wildman–Crippen LogP) is 1.30. The van der Waals surface area contributed by atoms with Crippen LogP contribution in [0.5, 0.6) is 0 Å². The highest BCUT2D eigenvalue weighted by Gasteiger charge is 2.38. The summed E-state index contributed by atoms with van der Waals surface area (Å²) in [6.07, 6.45) is 3.47. The van der Waals surface area contributed by atoms with Gasteiger partial charge in [-0.2, -0.15) is 5.10 Å². The van der Waals surface area contributed by atoms with E-state index in [2.05, 4.69) is 41.7 Å². The summed E-state index contributed by atoms with van der Waals surface area (Å²) in [5, 5.41) is 11.4. The van der Waals surface area contributed by atoms with Crippen LogP contribution in [0.4, 0.5) is 0 Å². The molecule has 0 saturated carbocycles. The Morgan fingerprint density at radius 3 is 2.57 bits per heavy atom. The Hall–Kier alpha value is -1.92. The number of rotatable bonds is 5. The van der Waals surface area contributed by atoms with E-state index in [-0.39, 0.29) is 11.7 Å². The van der Waals surface area contributed by atoms with Gasteiger partial charge in [0.05, 0.1) is 6.04 Å². The minimum absolute atomic E-state index is 0.0567. The van der Waals surface area contributed by atoms with Crippen LogP contribution in [0.1, 0.15) is 38.3 Å². The van der Waals surface area contributed by atoms with Crippen molar-refractivity contribution in [2.75, 3.05) is 19.6 Å². The zero-order chi connectivity index (χ0) is 16.3. The second-order valence-electron chi connectivity index (χ2n) is 6.03. The highest BCUT2D eigenvalue weighted by atomic mass is 16.2. The van der Waals surface area contributed by atoms with E-state index in [0.29, 0.717) is 6.54 Å². The Morgan fingerprint density at radius 1 is 1.22 bits per heavy atom. The molecule has 1 unspecified atom stereocenters. The molecule has 124 valence electrons. The van der Waals surface area contributed by atoms with Crippen LogP contribution in [0.2, 0.25) is 0 Å². The Bertz CT molecular complexity index is 681. The lowest BCUT2D eigenvalue weighted by Gasteiger charge is -2.39. The maximum Gasteiger partial charge on any atom is 0.347 e. The second kappa shape index (κ2) is 6.68. The first-order chi connectivity index (χ1) is 11.2. The molecule has 0 bridgehead atoms. The lowest BCUT2D eigenvalue weighted by molar-refractivity contribution is 0.221. The maximum atomic E-state index is 13.0. The molecule has 1 fully saturated rings. The zero-order valence-electron chi connectivity index (χ0n) is 13.8. The summed E-state index contributed by atoms with van der Waals surface area (Å²) in [6, 6.07) is 10.3. The SMILES string of the molecule is CCC(CC)n1ncn(C2(c3ccccc3)CNCCN2)c1=O. The van der Waals surface area contributed by atoms with Crippen molar-refractivity contribution in [1.82, 2.24) is 25.0 Å². The maximum absolute atomic E-state index is 13.0. The van der Waals surface area contributed by atoms with Crippen LogP contribution in [-0.2, 0) is 5.66 Å². The minimum Gasteiger partial charge on any atom is -0.311 e. The summed E-state index contributed by atoms with van der Waals surface area (Å²) in [5.41, 5.74) is 0.429. The van der Waals surface area contributed by atoms with E-state index in [4.69, 9.17) is 0 Å². The summed E-state index contributed by atoms with van der Waals surface area (Å²) in [7, 11) is 0. The van der Waals surface area contributed by atoms with Crippen LogP contribution < -0.4 is 16.3 Å². The Balaban J connectivity index is 2.10. The third-order valence-electron chi connectivity index (χ3n) is 4.74. The van der Waals surface area contributed by atoms with E-state index in [1.54, 1.807) is 15.6 Å². The quantitative estimate of drug-likeness (QED) is 0.873. The molecule has 2 N–H and O–H groups in total. The van der Waals surface area contributed by atoms with Gasteiger partial charge in [0.25, 0.3) is 0 Å². The highest BCUT2D eigenvalue weighted by molar-refractivity contribution is 5.26.